The zero-order valence-corrected chi connectivity index (χ0v) is 9.44. The van der Waals surface area contributed by atoms with Gasteiger partial charge < -0.3 is 10.1 Å². The van der Waals surface area contributed by atoms with Crippen molar-refractivity contribution in [1.82, 2.24) is 5.32 Å². The summed E-state index contributed by atoms with van der Waals surface area (Å²) in [4.78, 5) is 0. The molecule has 0 spiro atoms. The van der Waals surface area contributed by atoms with Crippen molar-refractivity contribution in [2.24, 2.45) is 5.92 Å². The number of hydrogen-bond acceptors (Lipinski definition) is 2. The maximum atomic E-state index is 5.63. The van der Waals surface area contributed by atoms with Gasteiger partial charge in [0.1, 0.15) is 0 Å². The van der Waals surface area contributed by atoms with Crippen molar-refractivity contribution in [1.29, 1.82) is 0 Å². The predicted molar refractivity (Wildman–Crippen MR) is 61.8 cm³/mol. The van der Waals surface area contributed by atoms with E-state index in [1.54, 1.807) is 7.11 Å². The van der Waals surface area contributed by atoms with E-state index >= 15 is 0 Å². The minimum atomic E-state index is 0.184. The molecular weight excluding hydrogens is 186 g/mol. The van der Waals surface area contributed by atoms with E-state index in [1.165, 1.54) is 18.4 Å². The van der Waals surface area contributed by atoms with Gasteiger partial charge in [0.25, 0.3) is 0 Å². The molecule has 0 radical (unpaired) electrons. The summed E-state index contributed by atoms with van der Waals surface area (Å²) in [5.74, 6) is 0.792. The van der Waals surface area contributed by atoms with Gasteiger partial charge in [-0.05, 0) is 31.4 Å². The summed E-state index contributed by atoms with van der Waals surface area (Å²) in [6, 6.07) is 10.9. The second-order valence-corrected chi connectivity index (χ2v) is 4.22. The van der Waals surface area contributed by atoms with E-state index in [2.05, 4.69) is 29.6 Å². The summed E-state index contributed by atoms with van der Waals surface area (Å²) in [7, 11) is 3.82. The minimum Gasteiger partial charge on any atom is -0.375 e. The molecule has 0 heterocycles. The number of ether oxygens (including phenoxy) is 1. The molecule has 2 unspecified atom stereocenters. The fourth-order valence-corrected chi connectivity index (χ4v) is 2.22. The van der Waals surface area contributed by atoms with Gasteiger partial charge in [-0.3, -0.25) is 0 Å². The Hall–Kier alpha value is -0.860. The van der Waals surface area contributed by atoms with E-state index in [4.69, 9.17) is 4.74 Å². The van der Waals surface area contributed by atoms with Crippen molar-refractivity contribution in [2.45, 2.75) is 25.0 Å². The van der Waals surface area contributed by atoms with Gasteiger partial charge >= 0.3 is 0 Å². The van der Waals surface area contributed by atoms with Gasteiger partial charge in [0.15, 0.2) is 0 Å². The van der Waals surface area contributed by atoms with Crippen LogP contribution in [0.5, 0.6) is 0 Å². The Balaban J connectivity index is 2.15. The van der Waals surface area contributed by atoms with Crippen LogP contribution in [-0.2, 0) is 4.74 Å². The van der Waals surface area contributed by atoms with Gasteiger partial charge in [0.2, 0.25) is 0 Å². The Bertz CT molecular complexity index is 295. The first kappa shape index (κ1) is 10.7. The number of benzene rings is 1. The fourth-order valence-electron chi connectivity index (χ4n) is 2.22. The molecule has 1 N–H and O–H groups in total. The van der Waals surface area contributed by atoms with Crippen LogP contribution < -0.4 is 5.32 Å². The normalized spacial score (nSPS) is 19.9. The molecule has 0 aliphatic heterocycles. The van der Waals surface area contributed by atoms with Crippen LogP contribution in [0.3, 0.4) is 0 Å². The fraction of sp³-hybridized carbons (Fsp3) is 0.538. The van der Waals surface area contributed by atoms with Gasteiger partial charge in [-0.1, -0.05) is 30.3 Å². The second kappa shape index (κ2) is 4.77. The summed E-state index contributed by atoms with van der Waals surface area (Å²) in [5, 5.41) is 3.39. The summed E-state index contributed by atoms with van der Waals surface area (Å²) in [6.07, 6.45) is 2.85. The van der Waals surface area contributed by atoms with Gasteiger partial charge in [-0.2, -0.15) is 0 Å². The van der Waals surface area contributed by atoms with Crippen LogP contribution in [0.25, 0.3) is 0 Å². The third kappa shape index (κ3) is 2.39. The first-order chi connectivity index (χ1) is 7.36. The Morgan fingerprint density at radius 2 is 1.93 bits per heavy atom. The van der Waals surface area contributed by atoms with E-state index in [9.17, 15) is 0 Å². The van der Waals surface area contributed by atoms with E-state index in [0.29, 0.717) is 6.04 Å². The lowest BCUT2D eigenvalue weighted by atomic mass is 9.98. The molecule has 1 fully saturated rings. The van der Waals surface area contributed by atoms with Crippen LogP contribution in [0.15, 0.2) is 30.3 Å². The predicted octanol–water partition coefficient (Wildman–Crippen LogP) is 2.37. The van der Waals surface area contributed by atoms with Crippen LogP contribution in [0.1, 0.15) is 24.5 Å². The van der Waals surface area contributed by atoms with Gasteiger partial charge in [-0.15, -0.1) is 0 Å². The molecule has 0 saturated heterocycles. The third-order valence-corrected chi connectivity index (χ3v) is 3.17. The van der Waals surface area contributed by atoms with Gasteiger partial charge in [0.05, 0.1) is 6.10 Å². The number of likely N-dealkylation sites (N-methyl/N-ethyl adjacent to an activating group) is 1. The van der Waals surface area contributed by atoms with E-state index in [1.807, 2.05) is 13.1 Å². The average molecular weight is 205 g/mol. The number of rotatable bonds is 5. The Labute approximate surface area is 91.6 Å². The van der Waals surface area contributed by atoms with Crippen molar-refractivity contribution >= 4 is 0 Å². The van der Waals surface area contributed by atoms with Gasteiger partial charge in [-0.25, -0.2) is 0 Å². The summed E-state index contributed by atoms with van der Waals surface area (Å²) in [5.41, 5.74) is 1.27. The number of nitrogens with one attached hydrogen (secondary N) is 1. The van der Waals surface area contributed by atoms with E-state index < -0.39 is 0 Å². The van der Waals surface area contributed by atoms with Crippen molar-refractivity contribution in [3.63, 3.8) is 0 Å². The molecule has 2 heteroatoms. The molecular formula is C13H19NO. The lowest BCUT2D eigenvalue weighted by molar-refractivity contribution is 0.0631. The molecule has 1 saturated carbocycles. The van der Waals surface area contributed by atoms with Crippen molar-refractivity contribution in [3.8, 4) is 0 Å². The lowest BCUT2D eigenvalue weighted by Gasteiger charge is -2.26. The van der Waals surface area contributed by atoms with Crippen LogP contribution >= 0.6 is 0 Å². The summed E-state index contributed by atoms with van der Waals surface area (Å²) in [6.45, 7) is 0. The van der Waals surface area contributed by atoms with Crippen LogP contribution in [0.4, 0.5) is 0 Å². The first-order valence-electron chi connectivity index (χ1n) is 5.62. The summed E-state index contributed by atoms with van der Waals surface area (Å²) >= 11 is 0. The minimum absolute atomic E-state index is 0.184. The van der Waals surface area contributed by atoms with Crippen LogP contribution in [0.2, 0.25) is 0 Å². The topological polar surface area (TPSA) is 21.3 Å². The molecule has 2 nitrogen and oxygen atoms in total. The van der Waals surface area contributed by atoms with Crippen molar-refractivity contribution in [3.05, 3.63) is 35.9 Å². The largest absolute Gasteiger partial charge is 0.375 e. The molecule has 1 aliphatic carbocycles. The molecule has 15 heavy (non-hydrogen) atoms. The maximum Gasteiger partial charge on any atom is 0.0976 e. The third-order valence-electron chi connectivity index (χ3n) is 3.17. The molecule has 1 aliphatic rings. The molecule has 0 bridgehead atoms. The Morgan fingerprint density at radius 1 is 1.27 bits per heavy atom. The monoisotopic (exact) mass is 205 g/mol. The highest BCUT2D eigenvalue weighted by atomic mass is 16.5. The van der Waals surface area contributed by atoms with Crippen molar-refractivity contribution in [2.75, 3.05) is 14.2 Å². The zero-order valence-electron chi connectivity index (χ0n) is 9.44. The van der Waals surface area contributed by atoms with Crippen molar-refractivity contribution < 1.29 is 4.74 Å². The first-order valence-corrected chi connectivity index (χ1v) is 5.62. The van der Waals surface area contributed by atoms with Gasteiger partial charge in [0, 0.05) is 13.2 Å². The van der Waals surface area contributed by atoms with E-state index in [0.717, 1.165) is 5.92 Å². The van der Waals surface area contributed by atoms with Crippen LogP contribution in [-0.4, -0.2) is 20.2 Å². The highest BCUT2D eigenvalue weighted by molar-refractivity contribution is 5.20. The summed E-state index contributed by atoms with van der Waals surface area (Å²) < 4.78 is 5.63. The maximum absolute atomic E-state index is 5.63. The molecule has 0 aromatic heterocycles. The Kier molecular flexibility index (Phi) is 3.39. The second-order valence-electron chi connectivity index (χ2n) is 4.22. The molecule has 0 amide bonds. The smallest absolute Gasteiger partial charge is 0.0976 e. The quantitative estimate of drug-likeness (QED) is 0.797. The molecule has 2 atom stereocenters. The molecule has 82 valence electrons. The Morgan fingerprint density at radius 3 is 2.40 bits per heavy atom. The zero-order chi connectivity index (χ0) is 10.7. The van der Waals surface area contributed by atoms with E-state index in [-0.39, 0.29) is 6.10 Å². The highest BCUT2D eigenvalue weighted by Gasteiger charge is 2.36. The standard InChI is InChI=1S/C13H19NO/c1-14-12(10-8-9-10)13(15-2)11-6-4-3-5-7-11/h3-7,10,12-14H,8-9H2,1-2H3. The average Bonchev–Trinajstić information content (AvgIpc) is 3.11. The van der Waals surface area contributed by atoms with Crippen LogP contribution in [0, 0.1) is 5.92 Å². The SMILES string of the molecule is CNC(C1CC1)C(OC)c1ccccc1. The molecule has 2 rings (SSSR count). The number of hydrogen-bond donors (Lipinski definition) is 1. The molecule has 1 aromatic rings. The molecule has 1 aromatic carbocycles. The number of methoxy groups -OCH3 is 1. The highest BCUT2D eigenvalue weighted by Crippen LogP contribution is 2.39. The lowest BCUT2D eigenvalue weighted by Crippen LogP contribution is -2.35.